The van der Waals surface area contributed by atoms with E-state index in [1.54, 1.807) is 42.1 Å². The van der Waals surface area contributed by atoms with Crippen molar-refractivity contribution in [2.24, 2.45) is 5.14 Å². The zero-order valence-electron chi connectivity index (χ0n) is 22.2. The predicted octanol–water partition coefficient (Wildman–Crippen LogP) is 3.41. The van der Waals surface area contributed by atoms with E-state index >= 15 is 0 Å². The first-order valence-electron chi connectivity index (χ1n) is 13.2. The van der Waals surface area contributed by atoms with Crippen molar-refractivity contribution in [2.75, 3.05) is 30.3 Å². The smallest absolute Gasteiger partial charge is 0.261 e. The molecule has 0 unspecified atom stereocenters. The number of aldehydes is 1. The summed E-state index contributed by atoms with van der Waals surface area (Å²) in [5, 5.41) is 17.3. The number of benzene rings is 3. The van der Waals surface area contributed by atoms with Gasteiger partial charge >= 0.3 is 0 Å². The van der Waals surface area contributed by atoms with E-state index in [1.807, 2.05) is 13.0 Å². The third kappa shape index (κ3) is 4.91. The van der Waals surface area contributed by atoms with E-state index in [0.29, 0.717) is 52.8 Å². The molecule has 3 aromatic rings. The molecule has 2 aliphatic rings. The Kier molecular flexibility index (Phi) is 8.01. The molecule has 0 aliphatic carbocycles. The topological polar surface area (TPSA) is 138 Å². The zero-order chi connectivity index (χ0) is 28.6. The number of nitrogens with zero attached hydrogens (tertiary/aromatic N) is 2. The lowest BCUT2D eigenvalue weighted by atomic mass is 9.93. The first kappa shape index (κ1) is 28.3. The van der Waals surface area contributed by atoms with E-state index in [9.17, 15) is 27.9 Å². The van der Waals surface area contributed by atoms with Gasteiger partial charge in [-0.3, -0.25) is 14.5 Å². The highest BCUT2D eigenvalue weighted by Gasteiger charge is 2.34. The van der Waals surface area contributed by atoms with Gasteiger partial charge in [-0.15, -0.1) is 11.8 Å². The third-order valence-corrected chi connectivity index (χ3v) is 9.93. The van der Waals surface area contributed by atoms with Crippen molar-refractivity contribution >= 4 is 56.3 Å². The van der Waals surface area contributed by atoms with Crippen LogP contribution in [0.1, 0.15) is 56.7 Å². The van der Waals surface area contributed by atoms with Gasteiger partial charge in [-0.2, -0.15) is 0 Å². The van der Waals surface area contributed by atoms with Crippen molar-refractivity contribution in [3.8, 4) is 0 Å². The average Bonchev–Trinajstić information content (AvgIpc) is 3.54. The number of carbonyl (C=O) groups is 3. The first-order chi connectivity index (χ1) is 19.2. The molecular weight excluding hydrogens is 550 g/mol. The van der Waals surface area contributed by atoms with E-state index in [0.717, 1.165) is 41.8 Å². The molecule has 210 valence electrons. The molecule has 0 atom stereocenters. The second kappa shape index (κ2) is 11.3. The van der Waals surface area contributed by atoms with Gasteiger partial charge in [-0.25, -0.2) is 13.6 Å². The van der Waals surface area contributed by atoms with Crippen LogP contribution in [0.25, 0.3) is 10.8 Å². The van der Waals surface area contributed by atoms with Gasteiger partial charge < -0.3 is 14.8 Å². The third-order valence-electron chi connectivity index (χ3n) is 7.63. The summed E-state index contributed by atoms with van der Waals surface area (Å²) >= 11 is 1.58. The average molecular weight is 582 g/mol. The Bertz CT molecular complexity index is 1600. The number of thioether (sulfide) groups is 1. The van der Waals surface area contributed by atoms with Gasteiger partial charge in [0, 0.05) is 53.2 Å². The van der Waals surface area contributed by atoms with Crippen LogP contribution < -0.4 is 10.0 Å². The SMILES string of the molecule is Cc1c(SCCCN2C(=O)c3ccccc3C2=O)ccc2c(CO)c(S(N)(=O)=O)c(CC=O)c(N3CCCC3)c12. The Hall–Kier alpha value is -3.25. The number of aliphatic hydroxyl groups is 1. The highest BCUT2D eigenvalue weighted by molar-refractivity contribution is 7.99. The van der Waals surface area contributed by atoms with Gasteiger partial charge in [-0.05, 0) is 61.1 Å². The summed E-state index contributed by atoms with van der Waals surface area (Å²) in [6.07, 6.45) is 3.01. The Morgan fingerprint density at radius 1 is 1.02 bits per heavy atom. The van der Waals surface area contributed by atoms with Gasteiger partial charge in [0.25, 0.3) is 11.8 Å². The molecule has 0 bridgehead atoms. The minimum absolute atomic E-state index is 0.141. The Morgan fingerprint density at radius 2 is 1.68 bits per heavy atom. The molecule has 0 radical (unpaired) electrons. The zero-order valence-corrected chi connectivity index (χ0v) is 23.8. The summed E-state index contributed by atoms with van der Waals surface area (Å²) in [5.74, 6) is 0.0996. The molecule has 3 N–H and O–H groups in total. The monoisotopic (exact) mass is 581 g/mol. The molecule has 3 aromatic carbocycles. The number of sulfonamides is 1. The maximum absolute atomic E-state index is 12.7. The van der Waals surface area contributed by atoms with Crippen molar-refractivity contribution < 1.29 is 27.9 Å². The number of amides is 2. The van der Waals surface area contributed by atoms with Gasteiger partial charge in [0.05, 0.1) is 22.6 Å². The molecule has 0 saturated carbocycles. The van der Waals surface area contributed by atoms with Crippen LogP contribution in [-0.2, 0) is 27.8 Å². The number of hydrogen-bond donors (Lipinski definition) is 2. The summed E-state index contributed by atoms with van der Waals surface area (Å²) in [6, 6.07) is 10.5. The van der Waals surface area contributed by atoms with Crippen molar-refractivity contribution in [2.45, 2.75) is 49.0 Å². The van der Waals surface area contributed by atoms with Crippen LogP contribution in [0.2, 0.25) is 0 Å². The number of primary sulfonamides is 1. The normalized spacial score (nSPS) is 15.4. The van der Waals surface area contributed by atoms with Crippen LogP contribution in [0, 0.1) is 6.92 Å². The number of imide groups is 1. The maximum atomic E-state index is 12.7. The van der Waals surface area contributed by atoms with Gasteiger partial charge in [0.15, 0.2) is 0 Å². The molecule has 11 heteroatoms. The highest BCUT2D eigenvalue weighted by Crippen LogP contribution is 2.44. The van der Waals surface area contributed by atoms with Gasteiger partial charge in [-0.1, -0.05) is 18.2 Å². The van der Waals surface area contributed by atoms with Crippen molar-refractivity contribution in [1.29, 1.82) is 0 Å². The Labute approximate surface area is 237 Å². The standard InChI is InChI=1S/C29H31N3O6S2/c1-18-24(39-16-6-14-32-28(35)20-7-2-3-8-21(20)29(32)36)10-9-19-23(17-34)27(40(30,37)38)22(11-15-33)26(25(18)19)31-12-4-5-13-31/h2-3,7-10,15,34H,4-6,11-14,16-17H2,1H3,(H2,30,37,38). The van der Waals surface area contributed by atoms with Crippen LogP contribution in [0.3, 0.4) is 0 Å². The lowest BCUT2D eigenvalue weighted by Crippen LogP contribution is -2.31. The molecule has 5 rings (SSSR count). The summed E-state index contributed by atoms with van der Waals surface area (Å²) in [5.41, 5.74) is 2.99. The molecule has 0 spiro atoms. The van der Waals surface area contributed by atoms with Crippen LogP contribution in [0.15, 0.2) is 46.2 Å². The van der Waals surface area contributed by atoms with Crippen LogP contribution in [-0.4, -0.2) is 61.9 Å². The second-order valence-corrected chi connectivity index (χ2v) is 12.7. The molecular formula is C29H31N3O6S2. The maximum Gasteiger partial charge on any atom is 0.261 e. The van der Waals surface area contributed by atoms with Crippen LogP contribution in [0.4, 0.5) is 5.69 Å². The van der Waals surface area contributed by atoms with E-state index in [1.165, 1.54) is 4.90 Å². The fraction of sp³-hybridized carbons (Fsp3) is 0.345. The molecule has 1 saturated heterocycles. The Balaban J connectivity index is 1.49. The summed E-state index contributed by atoms with van der Waals surface area (Å²) in [4.78, 5) is 41.3. The molecule has 2 aliphatic heterocycles. The minimum Gasteiger partial charge on any atom is -0.392 e. The summed E-state index contributed by atoms with van der Waals surface area (Å²) in [7, 11) is -4.23. The number of hydrogen-bond acceptors (Lipinski definition) is 8. The quantitative estimate of drug-likeness (QED) is 0.161. The van der Waals surface area contributed by atoms with Gasteiger partial charge in [0.1, 0.15) is 6.29 Å². The fourth-order valence-electron chi connectivity index (χ4n) is 5.88. The highest BCUT2D eigenvalue weighted by atomic mass is 32.2. The fourth-order valence-corrected chi connectivity index (χ4v) is 7.90. The van der Waals surface area contributed by atoms with E-state index in [4.69, 9.17) is 5.14 Å². The van der Waals surface area contributed by atoms with Gasteiger partial charge in [0.2, 0.25) is 10.0 Å². The summed E-state index contributed by atoms with van der Waals surface area (Å²) in [6.45, 7) is 3.17. The summed E-state index contributed by atoms with van der Waals surface area (Å²) < 4.78 is 25.5. The van der Waals surface area contributed by atoms with E-state index < -0.39 is 16.6 Å². The number of aliphatic hydroxyl groups excluding tert-OH is 1. The lowest BCUT2D eigenvalue weighted by Gasteiger charge is -2.28. The van der Waals surface area contributed by atoms with Crippen LogP contribution in [0.5, 0.6) is 0 Å². The molecule has 2 heterocycles. The van der Waals surface area contributed by atoms with E-state index in [-0.39, 0.29) is 28.7 Å². The number of aryl methyl sites for hydroxylation is 1. The lowest BCUT2D eigenvalue weighted by molar-refractivity contribution is -0.107. The molecule has 1 fully saturated rings. The number of fused-ring (bicyclic) bond motifs is 2. The van der Waals surface area contributed by atoms with Crippen molar-refractivity contribution in [1.82, 2.24) is 4.90 Å². The van der Waals surface area contributed by atoms with Crippen LogP contribution >= 0.6 is 11.8 Å². The predicted molar refractivity (Wildman–Crippen MR) is 154 cm³/mol. The largest absolute Gasteiger partial charge is 0.392 e. The second-order valence-electron chi connectivity index (χ2n) is 10.0. The number of carbonyl (C=O) groups excluding carboxylic acids is 3. The van der Waals surface area contributed by atoms with Crippen molar-refractivity contribution in [3.05, 3.63) is 64.2 Å². The molecule has 9 nitrogen and oxygen atoms in total. The number of anilines is 1. The van der Waals surface area contributed by atoms with E-state index in [2.05, 4.69) is 4.90 Å². The first-order valence-corrected chi connectivity index (χ1v) is 15.7. The number of nitrogens with two attached hydrogens (primary N) is 1. The molecule has 2 amide bonds. The minimum atomic E-state index is -4.23. The molecule has 40 heavy (non-hydrogen) atoms. The Morgan fingerprint density at radius 3 is 2.25 bits per heavy atom. The number of rotatable bonds is 10. The molecule has 0 aromatic heterocycles. The van der Waals surface area contributed by atoms with Crippen molar-refractivity contribution in [3.63, 3.8) is 0 Å².